The van der Waals surface area contributed by atoms with Crippen molar-refractivity contribution in [2.45, 2.75) is 77.4 Å². The summed E-state index contributed by atoms with van der Waals surface area (Å²) in [5.74, 6) is 0. The minimum Gasteiger partial charge on any atom is -0.340 e. The number of hydrogen-bond acceptors (Lipinski definition) is 1. The second-order valence-corrected chi connectivity index (χ2v) is 9.72. The summed E-state index contributed by atoms with van der Waals surface area (Å²) in [4.78, 5) is 3.77. The fourth-order valence-electron chi connectivity index (χ4n) is 2.49. The van der Waals surface area contributed by atoms with Crippen molar-refractivity contribution in [1.82, 2.24) is 4.98 Å². The molecule has 0 fully saturated rings. The van der Waals surface area contributed by atoms with E-state index in [1.165, 1.54) is 44.2 Å². The second-order valence-electron chi connectivity index (χ2n) is 4.92. The number of unbranched alkanes of at least 4 members (excludes halogenated alkanes) is 2. The van der Waals surface area contributed by atoms with Crippen molar-refractivity contribution in [2.24, 2.45) is 0 Å². The molecule has 15 heavy (non-hydrogen) atoms. The maximum atomic E-state index is 3.77. The van der Waals surface area contributed by atoms with Crippen molar-refractivity contribution >= 4 is 8.24 Å². The van der Waals surface area contributed by atoms with E-state index in [-0.39, 0.29) is 0 Å². The summed E-state index contributed by atoms with van der Waals surface area (Å²) < 4.78 is 0. The van der Waals surface area contributed by atoms with Gasteiger partial charge in [0.2, 0.25) is 0 Å². The molecule has 0 aromatic heterocycles. The molecular formula is C13H31NSi. The Bertz CT molecular complexity index is 139. The first-order chi connectivity index (χ1) is 7.16. The van der Waals surface area contributed by atoms with E-state index in [9.17, 15) is 0 Å². The predicted octanol–water partition coefficient (Wildman–Crippen LogP) is 4.55. The molecule has 1 nitrogen and oxygen atoms in total. The van der Waals surface area contributed by atoms with Crippen LogP contribution in [-0.4, -0.2) is 15.3 Å². The van der Waals surface area contributed by atoms with Crippen LogP contribution in [0.1, 0.15) is 59.8 Å². The molecule has 0 heterocycles. The zero-order valence-electron chi connectivity index (χ0n) is 11.5. The lowest BCUT2D eigenvalue weighted by atomic mass is 10.4. The Morgan fingerprint density at radius 3 is 1.73 bits per heavy atom. The highest BCUT2D eigenvalue weighted by atomic mass is 28.3. The standard InChI is InChI=1S/C13H31NSi/c1-6-9-11-15(14-5,12-10-7-2)13(4)8-3/h13-14H,6-12H2,1-5H3. The van der Waals surface area contributed by atoms with Gasteiger partial charge in [-0.05, 0) is 24.7 Å². The molecule has 0 radical (unpaired) electrons. The first-order valence-electron chi connectivity index (χ1n) is 6.85. The van der Waals surface area contributed by atoms with Crippen LogP contribution in [0.25, 0.3) is 0 Å². The minimum absolute atomic E-state index is 0.931. The maximum Gasteiger partial charge on any atom is 0.128 e. The van der Waals surface area contributed by atoms with Crippen molar-refractivity contribution in [3.63, 3.8) is 0 Å². The van der Waals surface area contributed by atoms with Crippen LogP contribution in [0.2, 0.25) is 17.6 Å². The molecule has 0 aliphatic heterocycles. The normalized spacial score (nSPS) is 14.2. The molecule has 0 aliphatic carbocycles. The van der Waals surface area contributed by atoms with Gasteiger partial charge in [-0.1, -0.05) is 59.8 Å². The van der Waals surface area contributed by atoms with E-state index in [4.69, 9.17) is 0 Å². The monoisotopic (exact) mass is 229 g/mol. The Hall–Kier alpha value is 0.177. The topological polar surface area (TPSA) is 12.0 Å². The molecule has 1 unspecified atom stereocenters. The van der Waals surface area contributed by atoms with Crippen LogP contribution in [-0.2, 0) is 0 Å². The molecule has 0 aromatic rings. The van der Waals surface area contributed by atoms with Gasteiger partial charge in [-0.15, -0.1) is 0 Å². The van der Waals surface area contributed by atoms with Gasteiger partial charge in [-0.3, -0.25) is 0 Å². The molecule has 0 saturated heterocycles. The lowest BCUT2D eigenvalue weighted by Gasteiger charge is -2.37. The van der Waals surface area contributed by atoms with Gasteiger partial charge in [0.25, 0.3) is 0 Å². The van der Waals surface area contributed by atoms with Gasteiger partial charge in [0.05, 0.1) is 0 Å². The number of nitrogens with one attached hydrogen (secondary N) is 1. The van der Waals surface area contributed by atoms with E-state index in [1.807, 2.05) is 0 Å². The molecule has 92 valence electrons. The van der Waals surface area contributed by atoms with Crippen LogP contribution >= 0.6 is 0 Å². The third kappa shape index (κ3) is 4.69. The van der Waals surface area contributed by atoms with E-state index < -0.39 is 8.24 Å². The Kier molecular flexibility index (Phi) is 8.44. The van der Waals surface area contributed by atoms with Gasteiger partial charge in [-0.2, -0.15) is 0 Å². The first kappa shape index (κ1) is 15.2. The molecule has 0 spiro atoms. The summed E-state index contributed by atoms with van der Waals surface area (Å²) in [6.07, 6.45) is 6.88. The summed E-state index contributed by atoms with van der Waals surface area (Å²) in [6, 6.07) is 2.96. The summed E-state index contributed by atoms with van der Waals surface area (Å²) in [6.45, 7) is 9.44. The zero-order chi connectivity index (χ0) is 11.7. The van der Waals surface area contributed by atoms with Crippen LogP contribution in [0.5, 0.6) is 0 Å². The summed E-state index contributed by atoms with van der Waals surface area (Å²) in [5, 5.41) is 0. The summed E-state index contributed by atoms with van der Waals surface area (Å²) in [7, 11) is 1.05. The van der Waals surface area contributed by atoms with Gasteiger partial charge in [0, 0.05) is 0 Å². The highest BCUT2D eigenvalue weighted by molar-refractivity contribution is 6.78. The number of rotatable bonds is 9. The van der Waals surface area contributed by atoms with Crippen LogP contribution in [0.15, 0.2) is 0 Å². The lowest BCUT2D eigenvalue weighted by molar-refractivity contribution is 0.732. The molecule has 2 heteroatoms. The highest BCUT2D eigenvalue weighted by Crippen LogP contribution is 2.32. The Labute approximate surface area is 98.1 Å². The van der Waals surface area contributed by atoms with Crippen LogP contribution in [0.4, 0.5) is 0 Å². The highest BCUT2D eigenvalue weighted by Gasteiger charge is 2.35. The molecule has 0 amide bonds. The second kappa shape index (κ2) is 8.34. The molecule has 0 saturated carbocycles. The summed E-state index contributed by atoms with van der Waals surface area (Å²) >= 11 is 0. The van der Waals surface area contributed by atoms with Gasteiger partial charge in [-0.25, -0.2) is 0 Å². The Morgan fingerprint density at radius 1 is 1.00 bits per heavy atom. The van der Waals surface area contributed by atoms with Crippen molar-refractivity contribution in [3.8, 4) is 0 Å². The average molecular weight is 229 g/mol. The molecule has 1 atom stereocenters. The number of hydrogen-bond donors (Lipinski definition) is 1. The van der Waals surface area contributed by atoms with Crippen molar-refractivity contribution in [2.75, 3.05) is 7.05 Å². The van der Waals surface area contributed by atoms with E-state index >= 15 is 0 Å². The fourth-order valence-corrected chi connectivity index (χ4v) is 7.47. The first-order valence-corrected chi connectivity index (χ1v) is 9.34. The molecule has 0 aliphatic rings. The predicted molar refractivity (Wildman–Crippen MR) is 74.0 cm³/mol. The molecule has 0 rings (SSSR count). The summed E-state index contributed by atoms with van der Waals surface area (Å²) in [5.41, 5.74) is 0.931. The van der Waals surface area contributed by atoms with E-state index in [2.05, 4.69) is 39.7 Å². The fraction of sp³-hybridized carbons (Fsp3) is 1.00. The average Bonchev–Trinajstić information content (AvgIpc) is 2.29. The molecule has 1 N–H and O–H groups in total. The largest absolute Gasteiger partial charge is 0.340 e. The third-order valence-electron chi connectivity index (χ3n) is 4.01. The smallest absolute Gasteiger partial charge is 0.128 e. The molecular weight excluding hydrogens is 198 g/mol. The third-order valence-corrected chi connectivity index (χ3v) is 9.79. The van der Waals surface area contributed by atoms with Crippen LogP contribution in [0.3, 0.4) is 0 Å². The van der Waals surface area contributed by atoms with Crippen LogP contribution < -0.4 is 4.98 Å². The Balaban J connectivity index is 4.43. The quantitative estimate of drug-likeness (QED) is 0.572. The Morgan fingerprint density at radius 2 is 1.47 bits per heavy atom. The lowest BCUT2D eigenvalue weighted by Crippen LogP contribution is -2.51. The molecule has 0 bridgehead atoms. The van der Waals surface area contributed by atoms with Gasteiger partial charge in [0.15, 0.2) is 0 Å². The molecule has 0 aromatic carbocycles. The minimum atomic E-state index is -1.16. The van der Waals surface area contributed by atoms with Crippen molar-refractivity contribution < 1.29 is 0 Å². The SMILES string of the molecule is CCCC[Si](CCCC)(NC)C(C)CC. The van der Waals surface area contributed by atoms with E-state index in [0.717, 1.165) is 5.54 Å². The van der Waals surface area contributed by atoms with E-state index in [1.54, 1.807) is 0 Å². The van der Waals surface area contributed by atoms with Gasteiger partial charge in [0.1, 0.15) is 8.24 Å². The van der Waals surface area contributed by atoms with E-state index in [0.29, 0.717) is 0 Å². The maximum absolute atomic E-state index is 3.77. The van der Waals surface area contributed by atoms with Gasteiger partial charge < -0.3 is 4.98 Å². The van der Waals surface area contributed by atoms with Crippen LogP contribution in [0, 0.1) is 0 Å². The van der Waals surface area contributed by atoms with Crippen molar-refractivity contribution in [1.29, 1.82) is 0 Å². The van der Waals surface area contributed by atoms with Crippen molar-refractivity contribution in [3.05, 3.63) is 0 Å². The van der Waals surface area contributed by atoms with Gasteiger partial charge >= 0.3 is 0 Å². The zero-order valence-corrected chi connectivity index (χ0v) is 12.5.